The number of aryl methyl sites for hydroxylation is 1. The largest absolute Gasteiger partial charge is 0.341 e. The van der Waals surface area contributed by atoms with E-state index in [1.165, 1.54) is 11.1 Å². The lowest BCUT2D eigenvalue weighted by Gasteiger charge is -2.28. The van der Waals surface area contributed by atoms with Gasteiger partial charge in [-0.1, -0.05) is 24.3 Å². The van der Waals surface area contributed by atoms with E-state index in [2.05, 4.69) is 34.5 Å². The van der Waals surface area contributed by atoms with E-state index >= 15 is 0 Å². The molecule has 1 aromatic rings. The van der Waals surface area contributed by atoms with E-state index in [-0.39, 0.29) is 5.25 Å². The first-order chi connectivity index (χ1) is 9.79. The summed E-state index contributed by atoms with van der Waals surface area (Å²) >= 11 is 1.81. The molecule has 0 radical (unpaired) electrons. The molecular weight excluding hydrogens is 268 g/mol. The molecule has 0 aliphatic carbocycles. The Labute approximate surface area is 125 Å². The van der Waals surface area contributed by atoms with E-state index in [0.29, 0.717) is 11.8 Å². The van der Waals surface area contributed by atoms with Crippen LogP contribution in [0.5, 0.6) is 0 Å². The van der Waals surface area contributed by atoms with Gasteiger partial charge in [0.1, 0.15) is 5.25 Å². The van der Waals surface area contributed by atoms with E-state index < -0.39 is 0 Å². The molecular formula is C16H22N2OS. The summed E-state index contributed by atoms with van der Waals surface area (Å²) in [6, 6.07) is 8.43. The Morgan fingerprint density at radius 1 is 1.45 bits per heavy atom. The predicted molar refractivity (Wildman–Crippen MR) is 84.0 cm³/mol. The van der Waals surface area contributed by atoms with Gasteiger partial charge in [0.05, 0.1) is 0 Å². The minimum absolute atomic E-state index is 0.0216. The lowest BCUT2D eigenvalue weighted by molar-refractivity contribution is -0.129. The van der Waals surface area contributed by atoms with Crippen molar-refractivity contribution >= 4 is 17.7 Å². The van der Waals surface area contributed by atoms with E-state index in [9.17, 15) is 4.79 Å². The summed E-state index contributed by atoms with van der Waals surface area (Å²) in [7, 11) is 1.98. The Morgan fingerprint density at radius 3 is 3.15 bits per heavy atom. The fourth-order valence-corrected chi connectivity index (χ4v) is 4.53. The number of nitrogens with zero attached hydrogens (tertiary/aromatic N) is 1. The van der Waals surface area contributed by atoms with Crippen molar-refractivity contribution in [3.8, 4) is 0 Å². The average molecular weight is 290 g/mol. The highest BCUT2D eigenvalue weighted by atomic mass is 32.2. The van der Waals surface area contributed by atoms with Crippen molar-refractivity contribution in [2.45, 2.75) is 18.1 Å². The van der Waals surface area contributed by atoms with Crippen LogP contribution in [0.2, 0.25) is 0 Å². The number of carbonyl (C=O) groups is 1. The lowest BCUT2D eigenvalue weighted by atomic mass is 10.0. The lowest BCUT2D eigenvalue weighted by Crippen LogP contribution is -2.34. The fourth-order valence-electron chi connectivity index (χ4n) is 3.25. The maximum absolute atomic E-state index is 12.8. The molecule has 0 unspecified atom stereocenters. The Morgan fingerprint density at radius 2 is 2.30 bits per heavy atom. The van der Waals surface area contributed by atoms with Gasteiger partial charge in [-0.2, -0.15) is 0 Å². The van der Waals surface area contributed by atoms with Gasteiger partial charge in [0.15, 0.2) is 0 Å². The standard InChI is InChI=1S/C16H22N2OS/c1-17-10-12-6-8-18(11-12)16(19)15-14-5-3-2-4-13(14)7-9-20-15/h2-5,12,15,17H,6-11H2,1H3/t12-,15-/m1/s1. The Bertz CT molecular complexity index is 491. The molecule has 2 aliphatic heterocycles. The van der Waals surface area contributed by atoms with E-state index in [4.69, 9.17) is 0 Å². The van der Waals surface area contributed by atoms with Crippen LogP contribution < -0.4 is 5.32 Å². The number of thioether (sulfide) groups is 1. The Kier molecular flexibility index (Phi) is 4.32. The molecule has 1 saturated heterocycles. The van der Waals surface area contributed by atoms with Gasteiger partial charge in [0.25, 0.3) is 0 Å². The summed E-state index contributed by atoms with van der Waals surface area (Å²) in [6.07, 6.45) is 2.22. The van der Waals surface area contributed by atoms with E-state index in [0.717, 1.165) is 38.2 Å². The number of fused-ring (bicyclic) bond motifs is 1. The van der Waals surface area contributed by atoms with Crippen molar-refractivity contribution < 1.29 is 4.79 Å². The van der Waals surface area contributed by atoms with Gasteiger partial charge in [0.2, 0.25) is 5.91 Å². The summed E-state index contributed by atoms with van der Waals surface area (Å²) in [5.74, 6) is 2.00. The van der Waals surface area contributed by atoms with Gasteiger partial charge >= 0.3 is 0 Å². The van der Waals surface area contributed by atoms with Gasteiger partial charge in [0, 0.05) is 13.1 Å². The molecule has 1 fully saturated rings. The number of rotatable bonds is 3. The van der Waals surface area contributed by atoms with Crippen molar-refractivity contribution in [2.75, 3.05) is 32.4 Å². The molecule has 1 aromatic carbocycles. The van der Waals surface area contributed by atoms with Gasteiger partial charge in [-0.15, -0.1) is 11.8 Å². The van der Waals surface area contributed by atoms with Crippen LogP contribution in [0.1, 0.15) is 22.8 Å². The van der Waals surface area contributed by atoms with Crippen LogP contribution in [0.4, 0.5) is 0 Å². The number of benzene rings is 1. The predicted octanol–water partition coefficient (Wildman–Crippen LogP) is 2.08. The summed E-state index contributed by atoms with van der Waals surface area (Å²) in [5.41, 5.74) is 2.60. The minimum Gasteiger partial charge on any atom is -0.341 e. The first kappa shape index (κ1) is 14.0. The highest BCUT2D eigenvalue weighted by molar-refractivity contribution is 8.00. The molecule has 0 bridgehead atoms. The summed E-state index contributed by atoms with van der Waals surface area (Å²) in [6.45, 7) is 2.85. The first-order valence-electron chi connectivity index (χ1n) is 7.42. The number of amides is 1. The third kappa shape index (κ3) is 2.72. The normalized spacial score (nSPS) is 25.6. The van der Waals surface area contributed by atoms with Gasteiger partial charge < -0.3 is 10.2 Å². The van der Waals surface area contributed by atoms with Gasteiger partial charge in [-0.05, 0) is 49.2 Å². The SMILES string of the molecule is CNC[C@H]1CCN(C(=O)[C@@H]2SCCc3ccccc32)C1. The number of nitrogens with one attached hydrogen (secondary N) is 1. The molecule has 2 aliphatic rings. The smallest absolute Gasteiger partial charge is 0.240 e. The highest BCUT2D eigenvalue weighted by Gasteiger charge is 2.33. The summed E-state index contributed by atoms with van der Waals surface area (Å²) < 4.78 is 0. The van der Waals surface area contributed by atoms with Gasteiger partial charge in [-0.25, -0.2) is 0 Å². The topological polar surface area (TPSA) is 32.3 Å². The highest BCUT2D eigenvalue weighted by Crippen LogP contribution is 2.38. The Hall–Kier alpha value is -1.00. The molecule has 1 N–H and O–H groups in total. The van der Waals surface area contributed by atoms with Crippen molar-refractivity contribution in [2.24, 2.45) is 5.92 Å². The second kappa shape index (κ2) is 6.19. The number of carbonyl (C=O) groups excluding carboxylic acids is 1. The van der Waals surface area contributed by atoms with Crippen molar-refractivity contribution in [3.63, 3.8) is 0 Å². The number of hydrogen-bond acceptors (Lipinski definition) is 3. The zero-order valence-corrected chi connectivity index (χ0v) is 12.8. The van der Waals surface area contributed by atoms with E-state index in [1.54, 1.807) is 0 Å². The van der Waals surface area contributed by atoms with Gasteiger partial charge in [-0.3, -0.25) is 4.79 Å². The fraction of sp³-hybridized carbons (Fsp3) is 0.562. The van der Waals surface area contributed by atoms with Crippen LogP contribution in [0.3, 0.4) is 0 Å². The first-order valence-corrected chi connectivity index (χ1v) is 8.47. The van der Waals surface area contributed by atoms with Crippen molar-refractivity contribution in [1.82, 2.24) is 10.2 Å². The van der Waals surface area contributed by atoms with Crippen LogP contribution in [0.25, 0.3) is 0 Å². The van der Waals surface area contributed by atoms with Crippen molar-refractivity contribution in [3.05, 3.63) is 35.4 Å². The van der Waals surface area contributed by atoms with Crippen LogP contribution in [-0.4, -0.2) is 43.2 Å². The zero-order chi connectivity index (χ0) is 13.9. The van der Waals surface area contributed by atoms with Crippen LogP contribution in [0.15, 0.2) is 24.3 Å². The average Bonchev–Trinajstić information content (AvgIpc) is 2.95. The van der Waals surface area contributed by atoms with Crippen LogP contribution in [0, 0.1) is 5.92 Å². The molecule has 108 valence electrons. The molecule has 3 rings (SSSR count). The maximum Gasteiger partial charge on any atom is 0.240 e. The second-order valence-corrected chi connectivity index (χ2v) is 6.91. The number of hydrogen-bond donors (Lipinski definition) is 1. The molecule has 0 aromatic heterocycles. The molecule has 3 nitrogen and oxygen atoms in total. The van der Waals surface area contributed by atoms with Crippen molar-refractivity contribution in [1.29, 1.82) is 0 Å². The molecule has 0 saturated carbocycles. The second-order valence-electron chi connectivity index (χ2n) is 5.70. The molecule has 0 spiro atoms. The molecule has 2 atom stereocenters. The third-order valence-electron chi connectivity index (χ3n) is 4.31. The molecule has 4 heteroatoms. The zero-order valence-electron chi connectivity index (χ0n) is 12.0. The third-order valence-corrected chi connectivity index (χ3v) is 5.54. The van der Waals surface area contributed by atoms with Crippen LogP contribution >= 0.6 is 11.8 Å². The van der Waals surface area contributed by atoms with Crippen LogP contribution in [-0.2, 0) is 11.2 Å². The number of likely N-dealkylation sites (tertiary alicyclic amines) is 1. The van der Waals surface area contributed by atoms with E-state index in [1.807, 2.05) is 18.8 Å². The monoisotopic (exact) mass is 290 g/mol. The molecule has 20 heavy (non-hydrogen) atoms. The summed E-state index contributed by atoms with van der Waals surface area (Å²) in [4.78, 5) is 14.9. The molecule has 2 heterocycles. The quantitative estimate of drug-likeness (QED) is 0.925. The minimum atomic E-state index is 0.0216. The molecule has 1 amide bonds. The summed E-state index contributed by atoms with van der Waals surface area (Å²) in [5, 5.41) is 3.24. The Balaban J connectivity index is 1.73. The maximum atomic E-state index is 12.8.